The average Bonchev–Trinajstić information content (AvgIpc) is 3.46. The molecule has 0 aliphatic carbocycles. The maximum atomic E-state index is 10.6. The van der Waals surface area contributed by atoms with Gasteiger partial charge in [0.15, 0.2) is 28.2 Å². The predicted molar refractivity (Wildman–Crippen MR) is 225 cm³/mol. The minimum Gasteiger partial charge on any atom is -0.414 e. The summed E-state index contributed by atoms with van der Waals surface area (Å²) >= 11 is 0. The highest BCUT2D eigenvalue weighted by atomic mass is 28.4. The molecule has 10 atom stereocenters. The van der Waals surface area contributed by atoms with E-state index >= 15 is 0 Å². The van der Waals surface area contributed by atoms with Crippen LogP contribution in [-0.2, 0) is 27.8 Å². The maximum Gasteiger partial charge on any atom is 0.192 e. The normalized spacial score (nSPS) is 27.7. The standard InChI is InChI=1S/C22H44O3Si.C21H42O4Si/c1-12-13-19-20(24-22(8,9)23-19)17(3)15-14-16(2)18(4)25-26(10,11)21(5,6)7;1-11-12-18-19(24-21(7,8)23-18)17(22)14-13-15(2)16(3)25-26(9,10)20(4,5)6/h14-20H,12-13H2,1-11H3;13-19,22H,11-12H2,1-10H3/b15-14-;14-13-/t16-,17?,18+,19+,20-;15-,16+,17?,18+,19-/m11/s1. The van der Waals surface area contributed by atoms with Crippen LogP contribution in [0.3, 0.4) is 0 Å². The van der Waals surface area contributed by atoms with Gasteiger partial charge in [0.1, 0.15) is 12.2 Å². The second kappa shape index (κ2) is 19.7. The molecule has 9 heteroatoms. The fourth-order valence-corrected chi connectivity index (χ4v) is 9.14. The van der Waals surface area contributed by atoms with Crippen molar-refractivity contribution in [1.82, 2.24) is 0 Å². The van der Waals surface area contributed by atoms with E-state index in [0.29, 0.717) is 11.8 Å². The Hall–Kier alpha value is -0.366. The quantitative estimate of drug-likeness (QED) is 0.124. The number of hydrogen-bond donors (Lipinski definition) is 1. The van der Waals surface area contributed by atoms with Gasteiger partial charge in [0.05, 0.1) is 18.3 Å². The zero-order valence-electron chi connectivity index (χ0n) is 37.8. The van der Waals surface area contributed by atoms with Crippen molar-refractivity contribution in [1.29, 1.82) is 0 Å². The Morgan fingerprint density at radius 1 is 0.596 bits per heavy atom. The van der Waals surface area contributed by atoms with Crippen LogP contribution in [0.4, 0.5) is 0 Å². The predicted octanol–water partition coefficient (Wildman–Crippen LogP) is 11.8. The third-order valence-electron chi connectivity index (χ3n) is 11.8. The van der Waals surface area contributed by atoms with Gasteiger partial charge < -0.3 is 32.9 Å². The number of hydrogen-bond acceptors (Lipinski definition) is 7. The molecule has 2 unspecified atom stereocenters. The first-order valence-electron chi connectivity index (χ1n) is 20.5. The zero-order valence-corrected chi connectivity index (χ0v) is 39.8. The summed E-state index contributed by atoms with van der Waals surface area (Å²) < 4.78 is 37.2. The molecular formula is C43H86O7Si2. The molecule has 2 aliphatic rings. The van der Waals surface area contributed by atoms with Crippen LogP contribution in [0.15, 0.2) is 24.3 Å². The highest BCUT2D eigenvalue weighted by Crippen LogP contribution is 2.40. The van der Waals surface area contributed by atoms with Crippen LogP contribution >= 0.6 is 0 Å². The lowest BCUT2D eigenvalue weighted by atomic mass is 9.94. The number of rotatable bonds is 16. The molecule has 0 aromatic heterocycles. The van der Waals surface area contributed by atoms with Gasteiger partial charge in [-0.25, -0.2) is 0 Å². The van der Waals surface area contributed by atoms with Crippen molar-refractivity contribution in [2.75, 3.05) is 0 Å². The molecule has 0 aromatic carbocycles. The van der Waals surface area contributed by atoms with Crippen molar-refractivity contribution in [3.63, 3.8) is 0 Å². The third-order valence-corrected chi connectivity index (χ3v) is 21.0. The molecule has 308 valence electrons. The Balaban J connectivity index is 0.000000520. The molecule has 7 nitrogen and oxygen atoms in total. The van der Waals surface area contributed by atoms with E-state index in [2.05, 4.69) is 134 Å². The van der Waals surface area contributed by atoms with Crippen molar-refractivity contribution in [3.8, 4) is 0 Å². The lowest BCUT2D eigenvalue weighted by molar-refractivity contribution is -0.153. The van der Waals surface area contributed by atoms with Crippen LogP contribution in [0, 0.1) is 17.8 Å². The first-order chi connectivity index (χ1) is 23.4. The monoisotopic (exact) mass is 771 g/mol. The molecule has 0 saturated carbocycles. The van der Waals surface area contributed by atoms with E-state index in [0.717, 1.165) is 25.7 Å². The number of aliphatic hydroxyl groups is 1. The lowest BCUT2D eigenvalue weighted by Crippen LogP contribution is -2.44. The summed E-state index contributed by atoms with van der Waals surface area (Å²) in [6.45, 7) is 46.0. The highest BCUT2D eigenvalue weighted by Gasteiger charge is 2.45. The van der Waals surface area contributed by atoms with Gasteiger partial charge in [-0.05, 0) is 102 Å². The van der Waals surface area contributed by atoms with Crippen LogP contribution in [0.1, 0.15) is 143 Å². The van der Waals surface area contributed by atoms with Crippen LogP contribution in [0.5, 0.6) is 0 Å². The molecule has 1 N–H and O–H groups in total. The Kier molecular flexibility index (Phi) is 18.8. The average molecular weight is 771 g/mol. The SMILES string of the molecule is CCC[C@@H]1OC(C)(C)O[C@@H]1C(C)/C=C\[C@@H](C)[C@H](C)O[Si](C)(C)C(C)(C)C.CCC[C@@H]1OC(C)(C)O[C@@H]1C(O)/C=C\[C@@H](C)[C@H](C)O[Si](C)(C)C(C)(C)C. The van der Waals surface area contributed by atoms with E-state index < -0.39 is 34.3 Å². The second-order valence-electron chi connectivity index (χ2n) is 19.9. The zero-order chi connectivity index (χ0) is 40.7. The largest absolute Gasteiger partial charge is 0.414 e. The number of ether oxygens (including phenoxy) is 4. The third kappa shape index (κ3) is 15.3. The molecule has 2 rings (SSSR count). The molecule has 0 radical (unpaired) electrons. The summed E-state index contributed by atoms with van der Waals surface area (Å²) in [6, 6.07) is 0. The minimum absolute atomic E-state index is 0.0640. The molecule has 0 spiro atoms. The van der Waals surface area contributed by atoms with Crippen molar-refractivity contribution < 1.29 is 32.9 Å². The number of aliphatic hydroxyl groups excluding tert-OH is 1. The fraction of sp³-hybridized carbons (Fsp3) is 0.907. The van der Waals surface area contributed by atoms with Crippen molar-refractivity contribution >= 4 is 16.6 Å². The van der Waals surface area contributed by atoms with Crippen LogP contribution in [0.25, 0.3) is 0 Å². The summed E-state index contributed by atoms with van der Waals surface area (Å²) in [5, 5.41) is 11.1. The van der Waals surface area contributed by atoms with Gasteiger partial charge >= 0.3 is 0 Å². The van der Waals surface area contributed by atoms with E-state index in [1.165, 1.54) is 0 Å². The van der Waals surface area contributed by atoms with E-state index in [9.17, 15) is 5.11 Å². The molecule has 2 fully saturated rings. The van der Waals surface area contributed by atoms with Gasteiger partial charge in [0.2, 0.25) is 0 Å². The molecule has 0 aromatic rings. The van der Waals surface area contributed by atoms with Crippen molar-refractivity contribution in [3.05, 3.63) is 24.3 Å². The first kappa shape index (κ1) is 49.7. The van der Waals surface area contributed by atoms with E-state index in [1.807, 2.05) is 33.8 Å². The fourth-order valence-electron chi connectivity index (χ4n) is 6.15. The first-order valence-corrected chi connectivity index (χ1v) is 26.3. The molecule has 2 saturated heterocycles. The van der Waals surface area contributed by atoms with E-state index in [4.69, 9.17) is 27.8 Å². The van der Waals surface area contributed by atoms with Crippen molar-refractivity contribution in [2.24, 2.45) is 17.8 Å². The molecule has 2 heterocycles. The molecule has 52 heavy (non-hydrogen) atoms. The Bertz CT molecular complexity index is 1020. The summed E-state index contributed by atoms with van der Waals surface area (Å²) in [4.78, 5) is 0. The Morgan fingerprint density at radius 3 is 1.31 bits per heavy atom. The summed E-state index contributed by atoms with van der Waals surface area (Å²) in [6.07, 6.45) is 12.2. The summed E-state index contributed by atoms with van der Waals surface area (Å²) in [5.41, 5.74) is 0. The molecule has 0 bridgehead atoms. The van der Waals surface area contributed by atoms with E-state index in [-0.39, 0.29) is 52.6 Å². The Morgan fingerprint density at radius 2 is 0.942 bits per heavy atom. The van der Waals surface area contributed by atoms with Gasteiger partial charge in [-0.3, -0.25) is 0 Å². The molecular weight excluding hydrogens is 685 g/mol. The van der Waals surface area contributed by atoms with Gasteiger partial charge in [0.25, 0.3) is 0 Å². The highest BCUT2D eigenvalue weighted by molar-refractivity contribution is 6.74. The summed E-state index contributed by atoms with van der Waals surface area (Å²) in [7, 11) is -3.53. The lowest BCUT2D eigenvalue weighted by Gasteiger charge is -2.39. The van der Waals surface area contributed by atoms with Gasteiger partial charge in [-0.1, -0.05) is 113 Å². The summed E-state index contributed by atoms with van der Waals surface area (Å²) in [5.74, 6) is -0.179. The maximum absolute atomic E-state index is 10.6. The van der Waals surface area contributed by atoms with Gasteiger partial charge in [-0.15, -0.1) is 0 Å². The van der Waals surface area contributed by atoms with Crippen LogP contribution in [0.2, 0.25) is 36.3 Å². The smallest absolute Gasteiger partial charge is 0.192 e. The Labute approximate surface area is 324 Å². The van der Waals surface area contributed by atoms with Crippen LogP contribution < -0.4 is 0 Å². The molecule has 2 aliphatic heterocycles. The minimum atomic E-state index is -1.79. The van der Waals surface area contributed by atoms with Crippen molar-refractivity contribution in [2.45, 2.75) is 234 Å². The molecule has 0 amide bonds. The van der Waals surface area contributed by atoms with Gasteiger partial charge in [-0.2, -0.15) is 0 Å². The second-order valence-corrected chi connectivity index (χ2v) is 29.4. The van der Waals surface area contributed by atoms with E-state index in [1.54, 1.807) is 0 Å². The topological polar surface area (TPSA) is 75.6 Å². The van der Waals surface area contributed by atoms with Crippen LogP contribution in [-0.4, -0.2) is 76.0 Å². The van der Waals surface area contributed by atoms with Gasteiger partial charge in [0, 0.05) is 18.1 Å².